The van der Waals surface area contributed by atoms with Crippen molar-refractivity contribution in [1.29, 1.82) is 0 Å². The van der Waals surface area contributed by atoms with E-state index >= 15 is 0 Å². The average Bonchev–Trinajstić information content (AvgIpc) is 2.75. The third-order valence-electron chi connectivity index (χ3n) is 3.24. The maximum absolute atomic E-state index is 9.25. The zero-order chi connectivity index (χ0) is 10.7. The molecule has 1 aromatic rings. The molecule has 0 unspecified atom stereocenters. The van der Waals surface area contributed by atoms with Gasteiger partial charge in [-0.2, -0.15) is 0 Å². The van der Waals surface area contributed by atoms with Crippen LogP contribution >= 0.6 is 11.5 Å². The Labute approximate surface area is 94.1 Å². The first-order valence-electron chi connectivity index (χ1n) is 5.31. The van der Waals surface area contributed by atoms with Gasteiger partial charge < -0.3 is 5.11 Å². The van der Waals surface area contributed by atoms with Gasteiger partial charge in [0.2, 0.25) is 0 Å². The van der Waals surface area contributed by atoms with E-state index in [1.807, 2.05) is 5.38 Å². The van der Waals surface area contributed by atoms with E-state index in [9.17, 15) is 5.11 Å². The first kappa shape index (κ1) is 11.0. The second-order valence-electron chi connectivity index (χ2n) is 4.64. The van der Waals surface area contributed by atoms with E-state index in [4.69, 9.17) is 0 Å². The largest absolute Gasteiger partial charge is 0.396 e. The van der Waals surface area contributed by atoms with Crippen LogP contribution in [0.15, 0.2) is 5.38 Å². The molecular weight excluding hydrogens is 210 g/mol. The Bertz CT molecular complexity index is 294. The van der Waals surface area contributed by atoms with Crippen molar-refractivity contribution in [2.75, 3.05) is 19.7 Å². The van der Waals surface area contributed by atoms with Crippen molar-refractivity contribution < 1.29 is 5.11 Å². The molecule has 84 valence electrons. The van der Waals surface area contributed by atoms with Crippen LogP contribution in [0.25, 0.3) is 0 Å². The van der Waals surface area contributed by atoms with Crippen LogP contribution in [-0.2, 0) is 6.54 Å². The van der Waals surface area contributed by atoms with Crippen molar-refractivity contribution in [2.45, 2.75) is 26.3 Å². The average molecular weight is 227 g/mol. The first-order chi connectivity index (χ1) is 7.22. The summed E-state index contributed by atoms with van der Waals surface area (Å²) in [6.45, 7) is 5.47. The molecule has 0 bridgehead atoms. The molecule has 0 radical (unpaired) electrons. The molecule has 1 aliphatic rings. The Morgan fingerprint density at radius 3 is 2.80 bits per heavy atom. The van der Waals surface area contributed by atoms with Gasteiger partial charge in [0.1, 0.15) is 0 Å². The smallest absolute Gasteiger partial charge is 0.0895 e. The Morgan fingerprint density at radius 2 is 2.27 bits per heavy atom. The highest BCUT2D eigenvalue weighted by Gasteiger charge is 2.29. The number of rotatable bonds is 3. The van der Waals surface area contributed by atoms with Crippen LogP contribution in [-0.4, -0.2) is 39.3 Å². The molecular formula is C10H17N3OS. The van der Waals surface area contributed by atoms with Crippen LogP contribution in [0.1, 0.15) is 25.5 Å². The highest BCUT2D eigenvalue weighted by Crippen LogP contribution is 2.30. The van der Waals surface area contributed by atoms with E-state index in [0.29, 0.717) is 6.61 Å². The third kappa shape index (κ3) is 2.74. The van der Waals surface area contributed by atoms with E-state index in [1.165, 1.54) is 11.5 Å². The summed E-state index contributed by atoms with van der Waals surface area (Å²) >= 11 is 1.40. The molecule has 2 rings (SSSR count). The lowest BCUT2D eigenvalue weighted by Crippen LogP contribution is -2.40. The summed E-state index contributed by atoms with van der Waals surface area (Å²) in [5.74, 6) is 0. The van der Waals surface area contributed by atoms with Gasteiger partial charge in [0.25, 0.3) is 0 Å². The minimum absolute atomic E-state index is 0.136. The van der Waals surface area contributed by atoms with Crippen molar-refractivity contribution in [3.8, 4) is 0 Å². The number of hydrogen-bond donors (Lipinski definition) is 1. The summed E-state index contributed by atoms with van der Waals surface area (Å²) in [4.78, 5) is 2.38. The normalized spacial score (nSPS) is 21.7. The lowest BCUT2D eigenvalue weighted by molar-refractivity contribution is 0.0552. The van der Waals surface area contributed by atoms with Crippen LogP contribution in [0.5, 0.6) is 0 Å². The minimum atomic E-state index is 0.136. The predicted molar refractivity (Wildman–Crippen MR) is 59.6 cm³/mol. The molecule has 0 atom stereocenters. The van der Waals surface area contributed by atoms with Gasteiger partial charge in [0, 0.05) is 18.5 Å². The minimum Gasteiger partial charge on any atom is -0.396 e. The van der Waals surface area contributed by atoms with Crippen LogP contribution in [0, 0.1) is 5.41 Å². The zero-order valence-corrected chi connectivity index (χ0v) is 9.83. The summed E-state index contributed by atoms with van der Waals surface area (Å²) in [5, 5.41) is 15.3. The molecule has 5 heteroatoms. The topological polar surface area (TPSA) is 49.2 Å². The molecule has 1 saturated heterocycles. The van der Waals surface area contributed by atoms with E-state index in [2.05, 4.69) is 21.4 Å². The van der Waals surface area contributed by atoms with Gasteiger partial charge in [-0.05, 0) is 42.9 Å². The zero-order valence-electron chi connectivity index (χ0n) is 9.02. The maximum Gasteiger partial charge on any atom is 0.0895 e. The molecule has 15 heavy (non-hydrogen) atoms. The van der Waals surface area contributed by atoms with Crippen molar-refractivity contribution in [2.24, 2.45) is 5.41 Å². The first-order valence-corrected chi connectivity index (χ1v) is 6.15. The summed E-state index contributed by atoms with van der Waals surface area (Å²) in [6, 6.07) is 0. The fourth-order valence-electron chi connectivity index (χ4n) is 1.89. The Balaban J connectivity index is 1.84. The molecule has 2 heterocycles. The van der Waals surface area contributed by atoms with Crippen LogP contribution in [0.2, 0.25) is 0 Å². The molecule has 0 amide bonds. The van der Waals surface area contributed by atoms with E-state index < -0.39 is 0 Å². The van der Waals surface area contributed by atoms with Crippen molar-refractivity contribution in [1.82, 2.24) is 14.5 Å². The van der Waals surface area contributed by atoms with E-state index in [1.54, 1.807) is 0 Å². The van der Waals surface area contributed by atoms with Crippen LogP contribution < -0.4 is 0 Å². The number of aliphatic hydroxyl groups is 1. The van der Waals surface area contributed by atoms with Gasteiger partial charge in [-0.3, -0.25) is 4.90 Å². The third-order valence-corrected chi connectivity index (χ3v) is 3.79. The molecule has 0 saturated carbocycles. The van der Waals surface area contributed by atoms with Gasteiger partial charge in [0.05, 0.1) is 5.69 Å². The number of piperidine rings is 1. The Kier molecular flexibility index (Phi) is 3.33. The van der Waals surface area contributed by atoms with E-state index in [0.717, 1.165) is 38.2 Å². The highest BCUT2D eigenvalue weighted by molar-refractivity contribution is 7.03. The summed E-state index contributed by atoms with van der Waals surface area (Å²) in [5.41, 5.74) is 1.20. The fraction of sp³-hybridized carbons (Fsp3) is 0.800. The SMILES string of the molecule is CC1(CO)CCN(Cc2csnn2)CC1. The van der Waals surface area contributed by atoms with E-state index in [-0.39, 0.29) is 5.41 Å². The van der Waals surface area contributed by atoms with Gasteiger partial charge in [-0.25, -0.2) is 0 Å². The highest BCUT2D eigenvalue weighted by atomic mass is 32.1. The summed E-state index contributed by atoms with van der Waals surface area (Å²) in [7, 11) is 0. The molecule has 0 aromatic carbocycles. The molecule has 1 N–H and O–H groups in total. The summed E-state index contributed by atoms with van der Waals surface area (Å²) < 4.78 is 3.86. The van der Waals surface area contributed by atoms with Crippen molar-refractivity contribution in [3.05, 3.63) is 11.1 Å². The monoisotopic (exact) mass is 227 g/mol. The molecule has 1 aromatic heterocycles. The van der Waals surface area contributed by atoms with Gasteiger partial charge in [-0.1, -0.05) is 11.4 Å². The predicted octanol–water partition coefficient (Wildman–Crippen LogP) is 1.13. The molecule has 1 fully saturated rings. The quantitative estimate of drug-likeness (QED) is 0.841. The van der Waals surface area contributed by atoms with Crippen molar-refractivity contribution >= 4 is 11.5 Å². The second kappa shape index (κ2) is 4.55. The fourth-order valence-corrected chi connectivity index (χ4v) is 2.33. The molecule has 0 spiro atoms. The molecule has 0 aliphatic carbocycles. The lowest BCUT2D eigenvalue weighted by atomic mass is 9.81. The van der Waals surface area contributed by atoms with Gasteiger partial charge in [-0.15, -0.1) is 5.10 Å². The number of aliphatic hydroxyl groups excluding tert-OH is 1. The van der Waals surface area contributed by atoms with Crippen molar-refractivity contribution in [3.63, 3.8) is 0 Å². The van der Waals surface area contributed by atoms with Crippen LogP contribution in [0.3, 0.4) is 0 Å². The lowest BCUT2D eigenvalue weighted by Gasteiger charge is -2.37. The van der Waals surface area contributed by atoms with Gasteiger partial charge in [0.15, 0.2) is 0 Å². The molecule has 4 nitrogen and oxygen atoms in total. The Morgan fingerprint density at radius 1 is 1.53 bits per heavy atom. The summed E-state index contributed by atoms with van der Waals surface area (Å²) in [6.07, 6.45) is 2.14. The Hall–Kier alpha value is -0.520. The van der Waals surface area contributed by atoms with Crippen LogP contribution in [0.4, 0.5) is 0 Å². The number of likely N-dealkylation sites (tertiary alicyclic amines) is 1. The number of aromatic nitrogens is 2. The number of nitrogens with zero attached hydrogens (tertiary/aromatic N) is 3. The van der Waals surface area contributed by atoms with Gasteiger partial charge >= 0.3 is 0 Å². The second-order valence-corrected chi connectivity index (χ2v) is 5.25. The number of hydrogen-bond acceptors (Lipinski definition) is 5. The molecule has 1 aliphatic heterocycles. The maximum atomic E-state index is 9.25. The standard InChI is InChI=1S/C10H17N3OS/c1-10(8-14)2-4-13(5-3-10)6-9-7-15-12-11-9/h7,14H,2-6,8H2,1H3.